The summed E-state index contributed by atoms with van der Waals surface area (Å²) >= 11 is 0. The van der Waals surface area contributed by atoms with Crippen molar-refractivity contribution >= 4 is 17.9 Å². The molecule has 0 aliphatic carbocycles. The molecule has 1 aromatic carbocycles. The van der Waals surface area contributed by atoms with Gasteiger partial charge in [0.1, 0.15) is 42.0 Å². The number of carboxylic acid groups (broad SMARTS) is 2. The Hall–Kier alpha value is -3.19. The molecule has 5 N–H and O–H groups in total. The number of carbonyl (C=O) groups is 3. The number of carboxylic acids is 2. The average Bonchev–Trinajstić information content (AvgIpc) is 3.19. The van der Waals surface area contributed by atoms with E-state index in [1.807, 2.05) is 0 Å². The Morgan fingerprint density at radius 2 is 1.77 bits per heavy atom. The molecule has 1 fully saturated rings. The Bertz CT molecular complexity index is 1050. The zero-order valence-corrected chi connectivity index (χ0v) is 19.4. The number of hydrogen-bond acceptors (Lipinski definition) is 10. The number of rotatable bonds is 9. The van der Waals surface area contributed by atoms with Crippen LogP contribution in [0.5, 0.6) is 11.5 Å². The van der Waals surface area contributed by atoms with E-state index >= 15 is 0 Å². The van der Waals surface area contributed by atoms with Gasteiger partial charge in [0.15, 0.2) is 6.10 Å². The number of carbonyl (C=O) groups excluding carboxylic acids is 1. The first kappa shape index (κ1) is 26.4. The number of ether oxygens (including phenoxy) is 4. The minimum atomic E-state index is -1.91. The van der Waals surface area contributed by atoms with E-state index in [2.05, 4.69) is 0 Å². The van der Waals surface area contributed by atoms with Crippen molar-refractivity contribution in [2.24, 2.45) is 0 Å². The Kier molecular flexibility index (Phi) is 8.00. The summed E-state index contributed by atoms with van der Waals surface area (Å²) in [5.41, 5.74) is 2.22. The van der Waals surface area contributed by atoms with Gasteiger partial charge in [-0.15, -0.1) is 0 Å². The Morgan fingerprint density at radius 3 is 2.37 bits per heavy atom. The van der Waals surface area contributed by atoms with Crippen LogP contribution in [0.15, 0.2) is 11.6 Å². The number of cyclic esters (lactones) is 1. The maximum Gasteiger partial charge on any atom is 0.342 e. The SMILES string of the molecule is COc1c(C)c2c(c(OC3OC(C(=O)O)C(O)C(O)C3O)c1C/C=C(/C)CCC(=O)O)C(=O)OC2. The fourth-order valence-electron chi connectivity index (χ4n) is 4.09. The third kappa shape index (κ3) is 5.25. The molecule has 0 aromatic heterocycles. The quantitative estimate of drug-likeness (QED) is 0.233. The van der Waals surface area contributed by atoms with Crippen LogP contribution in [-0.4, -0.2) is 81.3 Å². The molecule has 2 heterocycles. The number of esters is 1. The van der Waals surface area contributed by atoms with Crippen molar-refractivity contribution in [1.29, 1.82) is 0 Å². The molecular weight excluding hydrogens is 468 g/mol. The normalized spacial score (nSPS) is 26.2. The molecule has 12 heteroatoms. The molecule has 2 aliphatic rings. The second kappa shape index (κ2) is 10.6. The van der Waals surface area contributed by atoms with Gasteiger partial charge in [0.25, 0.3) is 0 Å². The van der Waals surface area contributed by atoms with Crippen molar-refractivity contribution in [2.45, 2.75) is 70.4 Å². The molecule has 0 amide bonds. The number of hydrogen-bond donors (Lipinski definition) is 5. The fourth-order valence-corrected chi connectivity index (χ4v) is 4.09. The summed E-state index contributed by atoms with van der Waals surface area (Å²) in [5.74, 6) is -2.99. The summed E-state index contributed by atoms with van der Waals surface area (Å²) in [6.07, 6.45) is -7.23. The van der Waals surface area contributed by atoms with E-state index in [9.17, 15) is 34.8 Å². The summed E-state index contributed by atoms with van der Waals surface area (Å²) in [4.78, 5) is 35.0. The monoisotopic (exact) mass is 496 g/mol. The third-order valence-electron chi connectivity index (χ3n) is 6.06. The highest BCUT2D eigenvalue weighted by Crippen LogP contribution is 2.44. The van der Waals surface area contributed by atoms with Gasteiger partial charge in [-0.2, -0.15) is 0 Å². The maximum absolute atomic E-state index is 12.6. The van der Waals surface area contributed by atoms with Crippen LogP contribution in [0, 0.1) is 6.92 Å². The highest BCUT2D eigenvalue weighted by atomic mass is 16.7. The Morgan fingerprint density at radius 1 is 1.09 bits per heavy atom. The van der Waals surface area contributed by atoms with E-state index in [4.69, 9.17) is 24.1 Å². The van der Waals surface area contributed by atoms with Crippen LogP contribution in [0.2, 0.25) is 0 Å². The summed E-state index contributed by atoms with van der Waals surface area (Å²) < 4.78 is 21.8. The summed E-state index contributed by atoms with van der Waals surface area (Å²) in [5, 5.41) is 48.8. The Balaban J connectivity index is 2.07. The topological polar surface area (TPSA) is 189 Å². The molecule has 35 heavy (non-hydrogen) atoms. The summed E-state index contributed by atoms with van der Waals surface area (Å²) in [6.45, 7) is 3.40. The van der Waals surface area contributed by atoms with Crippen LogP contribution in [0.3, 0.4) is 0 Å². The van der Waals surface area contributed by atoms with Gasteiger partial charge < -0.3 is 44.5 Å². The molecule has 2 aliphatic heterocycles. The van der Waals surface area contributed by atoms with Crippen molar-refractivity contribution in [2.75, 3.05) is 7.11 Å². The van der Waals surface area contributed by atoms with Gasteiger partial charge in [-0.05, 0) is 32.3 Å². The smallest absolute Gasteiger partial charge is 0.342 e. The van der Waals surface area contributed by atoms with E-state index < -0.39 is 48.6 Å². The van der Waals surface area contributed by atoms with E-state index in [0.717, 1.165) is 5.57 Å². The molecule has 1 aromatic rings. The van der Waals surface area contributed by atoms with Crippen LogP contribution in [0.1, 0.15) is 46.8 Å². The molecular formula is C23H28O12. The molecule has 0 saturated carbocycles. The number of benzene rings is 1. The van der Waals surface area contributed by atoms with Crippen LogP contribution in [-0.2, 0) is 32.1 Å². The zero-order chi connectivity index (χ0) is 26.0. The molecule has 5 atom stereocenters. The number of aliphatic carboxylic acids is 2. The molecule has 1 saturated heterocycles. The number of fused-ring (bicyclic) bond motifs is 1. The second-order valence-corrected chi connectivity index (χ2v) is 8.40. The zero-order valence-electron chi connectivity index (χ0n) is 19.4. The van der Waals surface area contributed by atoms with Crippen LogP contribution >= 0.6 is 0 Å². The van der Waals surface area contributed by atoms with Crippen molar-refractivity contribution < 1.29 is 58.9 Å². The van der Waals surface area contributed by atoms with Crippen LogP contribution in [0.25, 0.3) is 0 Å². The van der Waals surface area contributed by atoms with Crippen molar-refractivity contribution in [3.63, 3.8) is 0 Å². The van der Waals surface area contributed by atoms with Gasteiger partial charge in [0.2, 0.25) is 6.29 Å². The first-order valence-electron chi connectivity index (χ1n) is 10.8. The van der Waals surface area contributed by atoms with Crippen molar-refractivity contribution in [1.82, 2.24) is 0 Å². The lowest BCUT2D eigenvalue weighted by Crippen LogP contribution is -2.61. The Labute approximate surface area is 200 Å². The van der Waals surface area contributed by atoms with E-state index in [0.29, 0.717) is 22.4 Å². The molecule has 0 spiro atoms. The number of allylic oxidation sites excluding steroid dienone is 2. The van der Waals surface area contributed by atoms with Gasteiger partial charge in [0.05, 0.1) is 7.11 Å². The molecule has 0 radical (unpaired) electrons. The maximum atomic E-state index is 12.6. The summed E-state index contributed by atoms with van der Waals surface area (Å²) in [7, 11) is 1.41. The van der Waals surface area contributed by atoms with Gasteiger partial charge in [-0.3, -0.25) is 4.79 Å². The van der Waals surface area contributed by atoms with Gasteiger partial charge in [-0.25, -0.2) is 9.59 Å². The number of aliphatic hydroxyl groups is 3. The van der Waals surface area contributed by atoms with E-state index in [1.165, 1.54) is 7.11 Å². The highest BCUT2D eigenvalue weighted by Gasteiger charge is 2.49. The molecule has 5 unspecified atom stereocenters. The van der Waals surface area contributed by atoms with Gasteiger partial charge >= 0.3 is 17.9 Å². The minimum Gasteiger partial charge on any atom is -0.496 e. The predicted octanol–water partition coefficient (Wildman–Crippen LogP) is 0.299. The minimum absolute atomic E-state index is 0.0400. The van der Waals surface area contributed by atoms with E-state index in [-0.39, 0.29) is 37.2 Å². The molecule has 12 nitrogen and oxygen atoms in total. The van der Waals surface area contributed by atoms with Crippen molar-refractivity contribution in [3.8, 4) is 11.5 Å². The van der Waals surface area contributed by atoms with Crippen molar-refractivity contribution in [3.05, 3.63) is 33.9 Å². The predicted molar refractivity (Wildman–Crippen MR) is 116 cm³/mol. The van der Waals surface area contributed by atoms with Gasteiger partial charge in [0, 0.05) is 17.5 Å². The second-order valence-electron chi connectivity index (χ2n) is 8.40. The first-order chi connectivity index (χ1) is 16.5. The lowest BCUT2D eigenvalue weighted by molar-refractivity contribution is -0.271. The third-order valence-corrected chi connectivity index (χ3v) is 6.06. The fraction of sp³-hybridized carbons (Fsp3) is 0.522. The largest absolute Gasteiger partial charge is 0.496 e. The first-order valence-corrected chi connectivity index (χ1v) is 10.8. The van der Waals surface area contributed by atoms with E-state index in [1.54, 1.807) is 19.9 Å². The number of methoxy groups -OCH3 is 1. The van der Waals surface area contributed by atoms with Crippen LogP contribution in [0.4, 0.5) is 0 Å². The lowest BCUT2D eigenvalue weighted by Gasteiger charge is -2.39. The van der Waals surface area contributed by atoms with Crippen LogP contribution < -0.4 is 9.47 Å². The molecule has 3 rings (SSSR count). The lowest BCUT2D eigenvalue weighted by atomic mass is 9.94. The standard InChI is InChI=1S/C23H28O12/c1-9(5-7-13(24)25)4-6-11-18(32-3)10(2)12-8-33-22(31)14(12)19(11)34-23-17(28)15(26)16(27)20(35-23)21(29)30/h4,15-17,20,23,26-28H,5-8H2,1-3H3,(H,24,25)(H,29,30)/b9-4-. The average molecular weight is 496 g/mol. The summed E-state index contributed by atoms with van der Waals surface area (Å²) in [6, 6.07) is 0. The molecule has 0 bridgehead atoms. The number of aliphatic hydroxyl groups excluding tert-OH is 3. The highest BCUT2D eigenvalue weighted by molar-refractivity contribution is 5.98. The molecule has 192 valence electrons. The van der Waals surface area contributed by atoms with Gasteiger partial charge in [-0.1, -0.05) is 11.6 Å².